The van der Waals surface area contributed by atoms with Crippen LogP contribution in [0.5, 0.6) is 0 Å². The average molecular weight is 172 g/mol. The van der Waals surface area contributed by atoms with Gasteiger partial charge in [-0.3, -0.25) is 4.79 Å². The van der Waals surface area contributed by atoms with Crippen LogP contribution in [0.3, 0.4) is 0 Å². The molecule has 4 heteroatoms. The van der Waals surface area contributed by atoms with Crippen molar-refractivity contribution < 1.29 is 19.1 Å². The summed E-state index contributed by atoms with van der Waals surface area (Å²) in [6.07, 6.45) is 0.561. The summed E-state index contributed by atoms with van der Waals surface area (Å²) in [6, 6.07) is 0. The van der Waals surface area contributed by atoms with Gasteiger partial charge in [0.2, 0.25) is 0 Å². The van der Waals surface area contributed by atoms with Gasteiger partial charge in [-0.05, 0) is 0 Å². The van der Waals surface area contributed by atoms with Gasteiger partial charge in [-0.25, -0.2) is 4.79 Å². The maximum atomic E-state index is 10.8. The topological polar surface area (TPSA) is 52.6 Å². The van der Waals surface area contributed by atoms with Crippen molar-refractivity contribution in [3.05, 3.63) is 12.3 Å². The summed E-state index contributed by atoms with van der Waals surface area (Å²) in [5, 5.41) is 0. The molecule has 0 spiro atoms. The van der Waals surface area contributed by atoms with Gasteiger partial charge in [-0.1, -0.05) is 13.5 Å². The fourth-order valence-corrected chi connectivity index (χ4v) is 0.423. The van der Waals surface area contributed by atoms with Gasteiger partial charge in [-0.15, -0.1) is 0 Å². The van der Waals surface area contributed by atoms with Crippen LogP contribution in [0.2, 0.25) is 0 Å². The third kappa shape index (κ3) is 5.46. The molecule has 0 aliphatic heterocycles. The van der Waals surface area contributed by atoms with Gasteiger partial charge in [-0.2, -0.15) is 0 Å². The lowest BCUT2D eigenvalue weighted by atomic mass is 10.4. The van der Waals surface area contributed by atoms with Gasteiger partial charge in [0.1, 0.15) is 5.76 Å². The van der Waals surface area contributed by atoms with E-state index >= 15 is 0 Å². The molecule has 0 fully saturated rings. The fourth-order valence-electron chi connectivity index (χ4n) is 0.423. The maximum Gasteiger partial charge on any atom is 0.349 e. The summed E-state index contributed by atoms with van der Waals surface area (Å²) in [6.45, 7) is 6.14. The molecule has 0 heterocycles. The third-order valence-corrected chi connectivity index (χ3v) is 1.05. The van der Waals surface area contributed by atoms with Crippen molar-refractivity contribution >= 4 is 11.9 Å². The molecule has 0 aromatic carbocycles. The normalized spacial score (nSPS) is 8.83. The highest BCUT2D eigenvalue weighted by Gasteiger charge is 2.05. The fraction of sp³-hybridized carbons (Fsp3) is 0.500. The Balaban J connectivity index is 3.60. The minimum Gasteiger partial charge on any atom is -0.454 e. The van der Waals surface area contributed by atoms with Crippen LogP contribution in [0.1, 0.15) is 20.3 Å². The van der Waals surface area contributed by atoms with E-state index in [0.717, 1.165) is 0 Å². The molecule has 0 aliphatic carbocycles. The molecular weight excluding hydrogens is 160 g/mol. The minimum absolute atomic E-state index is 0.353. The SMILES string of the molecule is C=C(CC)OC(=O)COC(C)=O. The molecule has 4 nitrogen and oxygen atoms in total. The predicted octanol–water partition coefficient (Wildman–Crippen LogP) is 1.02. The lowest BCUT2D eigenvalue weighted by molar-refractivity contribution is -0.155. The van der Waals surface area contributed by atoms with Crippen molar-refractivity contribution in [2.75, 3.05) is 6.61 Å². The molecule has 0 saturated carbocycles. The number of rotatable bonds is 4. The first-order chi connectivity index (χ1) is 5.56. The smallest absolute Gasteiger partial charge is 0.349 e. The highest BCUT2D eigenvalue weighted by atomic mass is 16.6. The average Bonchev–Trinajstić information content (AvgIpc) is 2.00. The van der Waals surface area contributed by atoms with Gasteiger partial charge in [0, 0.05) is 13.3 Å². The van der Waals surface area contributed by atoms with Crippen LogP contribution >= 0.6 is 0 Å². The molecule has 0 aliphatic rings. The molecule has 0 aromatic rings. The van der Waals surface area contributed by atoms with E-state index < -0.39 is 11.9 Å². The second-order valence-corrected chi connectivity index (χ2v) is 2.15. The summed E-state index contributed by atoms with van der Waals surface area (Å²) in [5.41, 5.74) is 0. The molecule has 0 N–H and O–H groups in total. The van der Waals surface area contributed by atoms with Crippen LogP contribution < -0.4 is 0 Å². The quantitative estimate of drug-likeness (QED) is 0.469. The van der Waals surface area contributed by atoms with Crippen molar-refractivity contribution in [3.63, 3.8) is 0 Å². The monoisotopic (exact) mass is 172 g/mol. The maximum absolute atomic E-state index is 10.8. The van der Waals surface area contributed by atoms with Gasteiger partial charge in [0.05, 0.1) is 0 Å². The summed E-state index contributed by atoms with van der Waals surface area (Å²) in [4.78, 5) is 21.0. The van der Waals surface area contributed by atoms with E-state index in [9.17, 15) is 9.59 Å². The van der Waals surface area contributed by atoms with Gasteiger partial charge < -0.3 is 9.47 Å². The van der Waals surface area contributed by atoms with Crippen LogP contribution in [-0.2, 0) is 19.1 Å². The van der Waals surface area contributed by atoms with E-state index in [1.165, 1.54) is 6.92 Å². The van der Waals surface area contributed by atoms with E-state index in [-0.39, 0.29) is 6.61 Å². The van der Waals surface area contributed by atoms with E-state index in [1.807, 2.05) is 0 Å². The van der Waals surface area contributed by atoms with Crippen LogP contribution in [0.4, 0.5) is 0 Å². The van der Waals surface area contributed by atoms with Crippen molar-refractivity contribution in [2.24, 2.45) is 0 Å². The molecule has 0 unspecified atom stereocenters. The lowest BCUT2D eigenvalue weighted by Gasteiger charge is -2.04. The molecule has 68 valence electrons. The third-order valence-electron chi connectivity index (χ3n) is 1.05. The Morgan fingerprint density at radius 1 is 1.42 bits per heavy atom. The first-order valence-corrected chi connectivity index (χ1v) is 3.58. The lowest BCUT2D eigenvalue weighted by Crippen LogP contribution is -2.14. The van der Waals surface area contributed by atoms with E-state index in [2.05, 4.69) is 16.1 Å². The second-order valence-electron chi connectivity index (χ2n) is 2.15. The Morgan fingerprint density at radius 3 is 2.42 bits per heavy atom. The van der Waals surface area contributed by atoms with Crippen LogP contribution in [0.15, 0.2) is 12.3 Å². The van der Waals surface area contributed by atoms with Crippen molar-refractivity contribution in [1.82, 2.24) is 0 Å². The summed E-state index contributed by atoms with van der Waals surface area (Å²) in [7, 11) is 0. The number of esters is 2. The zero-order chi connectivity index (χ0) is 9.56. The number of carbonyl (C=O) groups is 2. The first-order valence-electron chi connectivity index (χ1n) is 3.58. The van der Waals surface area contributed by atoms with E-state index in [0.29, 0.717) is 12.2 Å². The van der Waals surface area contributed by atoms with Gasteiger partial charge in [0.15, 0.2) is 6.61 Å². The zero-order valence-corrected chi connectivity index (χ0v) is 7.25. The number of allylic oxidation sites excluding steroid dienone is 1. The van der Waals surface area contributed by atoms with Crippen molar-refractivity contribution in [1.29, 1.82) is 0 Å². The van der Waals surface area contributed by atoms with Crippen molar-refractivity contribution in [3.8, 4) is 0 Å². The summed E-state index contributed by atoms with van der Waals surface area (Å²) < 4.78 is 9.03. The largest absolute Gasteiger partial charge is 0.454 e. The van der Waals surface area contributed by atoms with Crippen molar-refractivity contribution in [2.45, 2.75) is 20.3 Å². The number of hydrogen-bond acceptors (Lipinski definition) is 4. The second kappa shape index (κ2) is 5.35. The van der Waals surface area contributed by atoms with Gasteiger partial charge in [0.25, 0.3) is 0 Å². The Hall–Kier alpha value is -1.32. The molecule has 0 radical (unpaired) electrons. The molecule has 0 amide bonds. The number of carbonyl (C=O) groups excluding carboxylic acids is 2. The minimum atomic E-state index is -0.600. The molecule has 0 atom stereocenters. The molecule has 0 saturated heterocycles. The Labute approximate surface area is 71.2 Å². The van der Waals surface area contributed by atoms with Crippen LogP contribution in [0, 0.1) is 0 Å². The summed E-state index contributed by atoms with van der Waals surface area (Å²) in [5.74, 6) is -0.738. The van der Waals surface area contributed by atoms with E-state index in [4.69, 9.17) is 0 Å². The Bertz CT molecular complexity index is 195. The predicted molar refractivity (Wildman–Crippen MR) is 42.2 cm³/mol. The Morgan fingerprint density at radius 2 is 2.00 bits per heavy atom. The summed E-state index contributed by atoms with van der Waals surface area (Å²) >= 11 is 0. The molecular formula is C8H12O4. The molecule has 0 aromatic heterocycles. The zero-order valence-electron chi connectivity index (χ0n) is 7.25. The van der Waals surface area contributed by atoms with E-state index in [1.54, 1.807) is 6.92 Å². The molecule has 12 heavy (non-hydrogen) atoms. The standard InChI is InChI=1S/C8H12O4/c1-4-6(2)12-8(10)5-11-7(3)9/h2,4-5H2,1,3H3. The first kappa shape index (κ1) is 10.7. The molecule has 0 bridgehead atoms. The van der Waals surface area contributed by atoms with Gasteiger partial charge >= 0.3 is 11.9 Å². The van der Waals surface area contributed by atoms with Crippen LogP contribution in [-0.4, -0.2) is 18.5 Å². The van der Waals surface area contributed by atoms with Crippen LogP contribution in [0.25, 0.3) is 0 Å². The Kier molecular flexibility index (Phi) is 4.76. The number of hydrogen-bond donors (Lipinski definition) is 0. The molecule has 0 rings (SSSR count). The number of ether oxygens (including phenoxy) is 2. The highest BCUT2D eigenvalue weighted by molar-refractivity contribution is 5.75. The highest BCUT2D eigenvalue weighted by Crippen LogP contribution is 1.98.